The lowest BCUT2D eigenvalue weighted by molar-refractivity contribution is 0.203. The number of nitrogens with two attached hydrogens (primary N) is 1. The fourth-order valence-corrected chi connectivity index (χ4v) is 4.94. The quantitative estimate of drug-likeness (QED) is 0.855. The Hall–Kier alpha value is -1.30. The molecule has 0 spiro atoms. The van der Waals surface area contributed by atoms with E-state index in [-0.39, 0.29) is 28.0 Å². The van der Waals surface area contributed by atoms with Gasteiger partial charge in [0, 0.05) is 26.0 Å². The molecule has 1 saturated heterocycles. The number of thiophene rings is 1. The van der Waals surface area contributed by atoms with Crippen molar-refractivity contribution in [2.75, 3.05) is 36.6 Å². The van der Waals surface area contributed by atoms with E-state index in [4.69, 9.17) is 16.1 Å². The fraction of sp³-hybridized carbons (Fsp3) is 0.583. The van der Waals surface area contributed by atoms with Crippen LogP contribution in [-0.2, 0) is 9.84 Å². The first-order chi connectivity index (χ1) is 9.38. The molecule has 8 heteroatoms. The summed E-state index contributed by atoms with van der Waals surface area (Å²) < 4.78 is 23.8. The van der Waals surface area contributed by atoms with Crippen molar-refractivity contribution in [3.63, 3.8) is 0 Å². The summed E-state index contributed by atoms with van der Waals surface area (Å²) in [5.41, 5.74) is 5.86. The molecule has 2 rings (SSSR count). The van der Waals surface area contributed by atoms with E-state index in [2.05, 4.69) is 0 Å². The highest BCUT2D eigenvalue weighted by Gasteiger charge is 2.29. The van der Waals surface area contributed by atoms with Crippen molar-refractivity contribution in [3.8, 4) is 6.07 Å². The Kier molecular flexibility index (Phi) is 4.22. The third-order valence-electron chi connectivity index (χ3n) is 3.51. The predicted octanol–water partition coefficient (Wildman–Crippen LogP) is 0.814. The highest BCUT2D eigenvalue weighted by atomic mass is 32.2. The molecule has 0 radical (unpaired) electrons. The summed E-state index contributed by atoms with van der Waals surface area (Å²) in [6.07, 6.45) is 2.72. The molecule has 1 aliphatic heterocycles. The van der Waals surface area contributed by atoms with Gasteiger partial charge >= 0.3 is 0 Å². The monoisotopic (exact) mass is 315 g/mol. The van der Waals surface area contributed by atoms with E-state index in [9.17, 15) is 8.42 Å². The number of hydrogen-bond acceptors (Lipinski definition) is 7. The van der Waals surface area contributed by atoms with Gasteiger partial charge in [0.15, 0.2) is 9.84 Å². The van der Waals surface area contributed by atoms with Crippen LogP contribution in [0.4, 0.5) is 10.7 Å². The molecule has 0 atom stereocenters. The van der Waals surface area contributed by atoms with Crippen LogP contribution < -0.4 is 10.6 Å². The van der Waals surface area contributed by atoms with Crippen LogP contribution in [0.3, 0.4) is 0 Å². The summed E-state index contributed by atoms with van der Waals surface area (Å²) in [4.78, 5) is 2.26. The molecule has 0 bridgehead atoms. The van der Waals surface area contributed by atoms with E-state index in [1.807, 2.05) is 11.0 Å². The highest BCUT2D eigenvalue weighted by Crippen LogP contribution is 2.42. The summed E-state index contributed by atoms with van der Waals surface area (Å²) in [5, 5.41) is 18.7. The molecule has 0 saturated carbocycles. The summed E-state index contributed by atoms with van der Waals surface area (Å²) in [6.45, 7) is 1.49. The second-order valence-electron chi connectivity index (χ2n) is 4.98. The molecule has 0 aromatic carbocycles. The number of piperidine rings is 1. The number of nitriles is 1. The lowest BCUT2D eigenvalue weighted by Gasteiger charge is -2.32. The first-order valence-electron chi connectivity index (χ1n) is 6.26. The van der Waals surface area contributed by atoms with Gasteiger partial charge in [0.2, 0.25) is 0 Å². The zero-order chi connectivity index (χ0) is 14.9. The van der Waals surface area contributed by atoms with Crippen molar-refractivity contribution < 1.29 is 13.5 Å². The number of sulfone groups is 1. The summed E-state index contributed by atoms with van der Waals surface area (Å²) in [5.74, 6) is 0.265. The maximum Gasteiger partial charge on any atom is 0.180 e. The molecule has 20 heavy (non-hydrogen) atoms. The minimum absolute atomic E-state index is 0.0549. The lowest BCUT2D eigenvalue weighted by Crippen LogP contribution is -2.34. The number of nitrogens with zero attached hydrogens (tertiary/aromatic N) is 2. The minimum Gasteiger partial charge on any atom is -0.396 e. The van der Waals surface area contributed by atoms with Crippen molar-refractivity contribution in [2.45, 2.75) is 17.7 Å². The lowest BCUT2D eigenvalue weighted by atomic mass is 9.98. The SMILES string of the molecule is CS(=O)(=O)c1c(N2CCC(CO)CC2)sc(C#N)c1N. The molecule has 0 amide bonds. The Morgan fingerprint density at radius 1 is 1.50 bits per heavy atom. The minimum atomic E-state index is -3.48. The zero-order valence-corrected chi connectivity index (χ0v) is 12.8. The Bertz CT molecular complexity index is 638. The van der Waals surface area contributed by atoms with E-state index in [0.717, 1.165) is 30.4 Å². The maximum atomic E-state index is 11.9. The van der Waals surface area contributed by atoms with Crippen molar-refractivity contribution >= 4 is 31.9 Å². The molecule has 1 aliphatic rings. The molecular weight excluding hydrogens is 298 g/mol. The van der Waals surface area contributed by atoms with E-state index in [1.165, 1.54) is 0 Å². The van der Waals surface area contributed by atoms with Crippen molar-refractivity contribution in [2.24, 2.45) is 5.92 Å². The van der Waals surface area contributed by atoms with Gasteiger partial charge in [-0.05, 0) is 18.8 Å². The zero-order valence-electron chi connectivity index (χ0n) is 11.2. The van der Waals surface area contributed by atoms with Gasteiger partial charge in [-0.25, -0.2) is 8.42 Å². The van der Waals surface area contributed by atoms with E-state index in [1.54, 1.807) is 0 Å². The van der Waals surface area contributed by atoms with Gasteiger partial charge < -0.3 is 15.7 Å². The number of nitrogen functional groups attached to an aromatic ring is 1. The van der Waals surface area contributed by atoms with E-state index in [0.29, 0.717) is 18.1 Å². The Balaban J connectivity index is 2.40. The number of aliphatic hydroxyl groups is 1. The molecular formula is C12H17N3O3S2. The van der Waals surface area contributed by atoms with Crippen LogP contribution >= 0.6 is 11.3 Å². The number of anilines is 2. The van der Waals surface area contributed by atoms with Crippen molar-refractivity contribution in [1.82, 2.24) is 0 Å². The Morgan fingerprint density at radius 2 is 2.10 bits per heavy atom. The van der Waals surface area contributed by atoms with Crippen LogP contribution in [-0.4, -0.2) is 39.5 Å². The van der Waals surface area contributed by atoms with Crippen LogP contribution in [0.15, 0.2) is 4.90 Å². The smallest absolute Gasteiger partial charge is 0.180 e. The Labute approximate surface area is 122 Å². The van der Waals surface area contributed by atoms with Gasteiger partial charge in [0.05, 0.1) is 5.69 Å². The predicted molar refractivity (Wildman–Crippen MR) is 78.6 cm³/mol. The molecule has 6 nitrogen and oxygen atoms in total. The van der Waals surface area contributed by atoms with Gasteiger partial charge in [0.1, 0.15) is 20.8 Å². The highest BCUT2D eigenvalue weighted by molar-refractivity contribution is 7.91. The normalized spacial score (nSPS) is 17.1. The van der Waals surface area contributed by atoms with Gasteiger partial charge in [-0.2, -0.15) is 5.26 Å². The van der Waals surface area contributed by atoms with Crippen molar-refractivity contribution in [1.29, 1.82) is 5.26 Å². The standard InChI is InChI=1S/C12H17N3O3S2/c1-20(17,18)11-10(14)9(6-13)19-12(11)15-4-2-8(7-16)3-5-15/h8,16H,2-5,7,14H2,1H3. The molecule has 1 aromatic rings. The molecule has 0 aliphatic carbocycles. The molecule has 2 heterocycles. The van der Waals surface area contributed by atoms with Crippen LogP contribution in [0.2, 0.25) is 0 Å². The first kappa shape index (κ1) is 15.1. The van der Waals surface area contributed by atoms with Crippen LogP contribution in [0.1, 0.15) is 17.7 Å². The van der Waals surface area contributed by atoms with Gasteiger partial charge in [-0.15, -0.1) is 11.3 Å². The average molecular weight is 315 g/mol. The number of aliphatic hydroxyl groups excluding tert-OH is 1. The molecule has 0 unspecified atom stereocenters. The maximum absolute atomic E-state index is 11.9. The number of hydrogen-bond donors (Lipinski definition) is 2. The largest absolute Gasteiger partial charge is 0.396 e. The molecule has 1 aromatic heterocycles. The summed E-state index contributed by atoms with van der Waals surface area (Å²) in [7, 11) is -3.48. The van der Waals surface area contributed by atoms with E-state index < -0.39 is 9.84 Å². The molecule has 110 valence electrons. The summed E-state index contributed by atoms with van der Waals surface area (Å²) >= 11 is 1.13. The van der Waals surface area contributed by atoms with Gasteiger partial charge in [-0.3, -0.25) is 0 Å². The van der Waals surface area contributed by atoms with Gasteiger partial charge in [0.25, 0.3) is 0 Å². The van der Waals surface area contributed by atoms with Crippen LogP contribution in [0.5, 0.6) is 0 Å². The average Bonchev–Trinajstić information content (AvgIpc) is 2.75. The first-order valence-corrected chi connectivity index (χ1v) is 8.97. The Morgan fingerprint density at radius 3 is 2.55 bits per heavy atom. The van der Waals surface area contributed by atoms with Crippen molar-refractivity contribution in [3.05, 3.63) is 4.88 Å². The summed E-state index contributed by atoms with van der Waals surface area (Å²) in [6, 6.07) is 1.95. The molecule has 1 fully saturated rings. The molecule has 3 N–H and O–H groups in total. The third kappa shape index (κ3) is 2.75. The van der Waals surface area contributed by atoms with Gasteiger partial charge in [-0.1, -0.05) is 0 Å². The topological polar surface area (TPSA) is 107 Å². The fourth-order valence-electron chi connectivity index (χ4n) is 2.38. The second kappa shape index (κ2) is 5.60. The number of rotatable bonds is 3. The second-order valence-corrected chi connectivity index (χ2v) is 7.93. The van der Waals surface area contributed by atoms with Crippen LogP contribution in [0.25, 0.3) is 0 Å². The third-order valence-corrected chi connectivity index (χ3v) is 5.97. The van der Waals surface area contributed by atoms with E-state index >= 15 is 0 Å². The van der Waals surface area contributed by atoms with Crippen LogP contribution in [0, 0.1) is 17.2 Å².